The van der Waals surface area contributed by atoms with Crippen LogP contribution in [0.4, 0.5) is 0 Å². The zero-order valence-electron chi connectivity index (χ0n) is 12.8. The van der Waals surface area contributed by atoms with Crippen molar-refractivity contribution in [3.63, 3.8) is 0 Å². The number of carbonyl (C=O) groups excluding carboxylic acids is 1. The first-order valence-corrected chi connectivity index (χ1v) is 7.81. The third kappa shape index (κ3) is 3.86. The number of aryl methyl sites for hydroxylation is 2. The Bertz CT molecular complexity index is 716. The normalized spacial score (nSPS) is 11.5. The van der Waals surface area contributed by atoms with Gasteiger partial charge in [-0.3, -0.25) is 4.79 Å². The van der Waals surface area contributed by atoms with Crippen LogP contribution in [0, 0.1) is 25.2 Å². The number of nitriles is 1. The number of benzene rings is 1. The molecular formula is C17H18N2O2S. The van der Waals surface area contributed by atoms with Gasteiger partial charge in [0.2, 0.25) is 0 Å². The summed E-state index contributed by atoms with van der Waals surface area (Å²) >= 11 is 1.72. The molecule has 22 heavy (non-hydrogen) atoms. The summed E-state index contributed by atoms with van der Waals surface area (Å²) < 4.78 is 5.43. The van der Waals surface area contributed by atoms with Crippen LogP contribution in [0.25, 0.3) is 0 Å². The molecule has 1 atom stereocenters. The number of nitrogens with zero attached hydrogens (tertiary/aromatic N) is 1. The molecule has 5 heteroatoms. The van der Waals surface area contributed by atoms with Crippen LogP contribution in [0.15, 0.2) is 30.3 Å². The number of nitrogens with one attached hydrogen (secondary N) is 1. The summed E-state index contributed by atoms with van der Waals surface area (Å²) in [6.07, 6.45) is 0. The van der Waals surface area contributed by atoms with Crippen LogP contribution in [0.3, 0.4) is 0 Å². The lowest BCUT2D eigenvalue weighted by Gasteiger charge is -2.14. The van der Waals surface area contributed by atoms with Crippen LogP contribution in [0.5, 0.6) is 5.75 Å². The van der Waals surface area contributed by atoms with Gasteiger partial charge in [0.15, 0.2) is 6.61 Å². The van der Waals surface area contributed by atoms with Crippen molar-refractivity contribution >= 4 is 17.2 Å². The molecule has 0 bridgehead atoms. The van der Waals surface area contributed by atoms with E-state index in [2.05, 4.69) is 25.2 Å². The fourth-order valence-corrected chi connectivity index (χ4v) is 3.29. The zero-order chi connectivity index (χ0) is 16.1. The lowest BCUT2D eigenvalue weighted by molar-refractivity contribution is -0.123. The Labute approximate surface area is 134 Å². The molecule has 114 valence electrons. The van der Waals surface area contributed by atoms with E-state index in [1.165, 1.54) is 9.75 Å². The van der Waals surface area contributed by atoms with E-state index in [-0.39, 0.29) is 18.6 Å². The van der Waals surface area contributed by atoms with Gasteiger partial charge in [0.25, 0.3) is 5.91 Å². The first-order valence-electron chi connectivity index (χ1n) is 6.99. The average molecular weight is 314 g/mol. The Morgan fingerprint density at radius 2 is 2.14 bits per heavy atom. The van der Waals surface area contributed by atoms with E-state index < -0.39 is 0 Å². The molecule has 1 unspecified atom stereocenters. The first kappa shape index (κ1) is 16.1. The molecule has 1 aromatic heterocycles. The highest BCUT2D eigenvalue weighted by Crippen LogP contribution is 2.26. The van der Waals surface area contributed by atoms with Crippen LogP contribution < -0.4 is 10.1 Å². The van der Waals surface area contributed by atoms with Gasteiger partial charge in [-0.2, -0.15) is 5.26 Å². The van der Waals surface area contributed by atoms with Crippen LogP contribution in [-0.4, -0.2) is 12.5 Å². The van der Waals surface area contributed by atoms with E-state index in [0.29, 0.717) is 11.3 Å². The largest absolute Gasteiger partial charge is 0.482 e. The number of carbonyl (C=O) groups is 1. The lowest BCUT2D eigenvalue weighted by Crippen LogP contribution is -2.31. The number of thiophene rings is 1. The molecule has 2 rings (SSSR count). The van der Waals surface area contributed by atoms with Crippen molar-refractivity contribution in [1.29, 1.82) is 5.26 Å². The summed E-state index contributed by atoms with van der Waals surface area (Å²) in [5, 5.41) is 11.9. The third-order valence-electron chi connectivity index (χ3n) is 3.29. The minimum Gasteiger partial charge on any atom is -0.482 e. The predicted octanol–water partition coefficient (Wildman–Crippen LogP) is 3.49. The van der Waals surface area contributed by atoms with Gasteiger partial charge in [0, 0.05) is 9.75 Å². The van der Waals surface area contributed by atoms with Crippen molar-refractivity contribution in [2.75, 3.05) is 6.61 Å². The van der Waals surface area contributed by atoms with Gasteiger partial charge in [-0.1, -0.05) is 12.1 Å². The second-order valence-corrected chi connectivity index (χ2v) is 6.51. The molecule has 0 fully saturated rings. The van der Waals surface area contributed by atoms with Gasteiger partial charge in [0.05, 0.1) is 11.6 Å². The molecule has 1 aromatic carbocycles. The summed E-state index contributed by atoms with van der Waals surface area (Å²) in [6, 6.07) is 10.9. The molecule has 0 saturated carbocycles. The van der Waals surface area contributed by atoms with E-state index in [9.17, 15) is 4.79 Å². The number of amides is 1. The van der Waals surface area contributed by atoms with Crippen molar-refractivity contribution in [1.82, 2.24) is 5.32 Å². The highest BCUT2D eigenvalue weighted by Gasteiger charge is 2.14. The van der Waals surface area contributed by atoms with Gasteiger partial charge < -0.3 is 10.1 Å². The quantitative estimate of drug-likeness (QED) is 0.919. The fraction of sp³-hybridized carbons (Fsp3) is 0.294. The predicted molar refractivity (Wildman–Crippen MR) is 87.0 cm³/mol. The Morgan fingerprint density at radius 3 is 2.77 bits per heavy atom. The van der Waals surface area contributed by atoms with Gasteiger partial charge in [-0.05, 0) is 44.5 Å². The Kier molecular flexibility index (Phi) is 5.18. The van der Waals surface area contributed by atoms with Crippen molar-refractivity contribution < 1.29 is 9.53 Å². The number of ether oxygens (including phenoxy) is 1. The second-order valence-electron chi connectivity index (χ2n) is 5.05. The van der Waals surface area contributed by atoms with Gasteiger partial charge >= 0.3 is 0 Å². The van der Waals surface area contributed by atoms with E-state index in [1.54, 1.807) is 35.6 Å². The molecule has 0 radical (unpaired) electrons. The van der Waals surface area contributed by atoms with Gasteiger partial charge in [-0.25, -0.2) is 0 Å². The molecule has 0 aliphatic heterocycles. The fourth-order valence-electron chi connectivity index (χ4n) is 2.27. The van der Waals surface area contributed by atoms with Crippen molar-refractivity contribution in [3.8, 4) is 11.8 Å². The summed E-state index contributed by atoms with van der Waals surface area (Å²) in [7, 11) is 0. The molecule has 0 saturated heterocycles. The zero-order valence-corrected chi connectivity index (χ0v) is 13.7. The Balaban J connectivity index is 1.93. The molecule has 4 nitrogen and oxygen atoms in total. The topological polar surface area (TPSA) is 62.1 Å². The number of rotatable bonds is 5. The highest BCUT2D eigenvalue weighted by atomic mass is 32.1. The molecule has 1 heterocycles. The van der Waals surface area contributed by atoms with E-state index >= 15 is 0 Å². The number of para-hydroxylation sites is 1. The molecule has 2 aromatic rings. The number of hydrogen-bond acceptors (Lipinski definition) is 4. The van der Waals surface area contributed by atoms with Crippen molar-refractivity contribution in [2.24, 2.45) is 0 Å². The molecule has 0 aliphatic rings. The Hall–Kier alpha value is -2.32. The van der Waals surface area contributed by atoms with Gasteiger partial charge in [-0.15, -0.1) is 11.3 Å². The van der Waals surface area contributed by atoms with Crippen molar-refractivity contribution in [2.45, 2.75) is 26.8 Å². The van der Waals surface area contributed by atoms with Crippen LogP contribution in [0.1, 0.15) is 33.8 Å². The molecular weight excluding hydrogens is 296 g/mol. The van der Waals surface area contributed by atoms with Crippen LogP contribution >= 0.6 is 11.3 Å². The molecule has 1 amide bonds. The third-order valence-corrected chi connectivity index (χ3v) is 4.27. The first-order chi connectivity index (χ1) is 10.5. The maximum absolute atomic E-state index is 12.0. The van der Waals surface area contributed by atoms with Crippen LogP contribution in [-0.2, 0) is 4.79 Å². The summed E-state index contributed by atoms with van der Waals surface area (Å²) in [5.41, 5.74) is 1.56. The van der Waals surface area contributed by atoms with E-state index in [0.717, 1.165) is 5.56 Å². The molecule has 0 aliphatic carbocycles. The van der Waals surface area contributed by atoms with Gasteiger partial charge in [0.1, 0.15) is 11.8 Å². The SMILES string of the molecule is Cc1cc(C(C)NC(=O)COc2ccccc2C#N)c(C)s1. The highest BCUT2D eigenvalue weighted by molar-refractivity contribution is 7.12. The standard InChI is InChI=1S/C17H18N2O2S/c1-11-8-15(13(3)22-11)12(2)19-17(20)10-21-16-7-5-4-6-14(16)9-18/h4-8,12H,10H2,1-3H3,(H,19,20). The van der Waals surface area contributed by atoms with E-state index in [4.69, 9.17) is 10.00 Å². The summed E-state index contributed by atoms with van der Waals surface area (Å²) in [4.78, 5) is 14.4. The second kappa shape index (κ2) is 7.10. The van der Waals surface area contributed by atoms with Crippen molar-refractivity contribution in [3.05, 3.63) is 51.2 Å². The maximum Gasteiger partial charge on any atom is 0.258 e. The smallest absolute Gasteiger partial charge is 0.258 e. The molecule has 0 spiro atoms. The van der Waals surface area contributed by atoms with Crippen LogP contribution in [0.2, 0.25) is 0 Å². The monoisotopic (exact) mass is 314 g/mol. The molecule has 1 N–H and O–H groups in total. The van der Waals surface area contributed by atoms with E-state index in [1.807, 2.05) is 13.0 Å². The lowest BCUT2D eigenvalue weighted by atomic mass is 10.1. The minimum absolute atomic E-state index is 0.0627. The summed E-state index contributed by atoms with van der Waals surface area (Å²) in [5.74, 6) is 0.221. The maximum atomic E-state index is 12.0. The number of hydrogen-bond donors (Lipinski definition) is 1. The summed E-state index contributed by atoms with van der Waals surface area (Å²) in [6.45, 7) is 5.95. The Morgan fingerprint density at radius 1 is 1.41 bits per heavy atom. The average Bonchev–Trinajstić information content (AvgIpc) is 2.84. The minimum atomic E-state index is -0.205.